The molecule has 3 rings (SSSR count). The first-order valence-electron chi connectivity index (χ1n) is 8.20. The zero-order chi connectivity index (χ0) is 16.6. The molecule has 0 spiro atoms. The van der Waals surface area contributed by atoms with E-state index in [4.69, 9.17) is 0 Å². The standard InChI is InChI=1S/C17H24N2O3S/c1-12-3-7-16(8-4-12)23(21,22)11-13(2)18-14-9-17(20)19(10-14)15-5-6-15/h3-4,7-8,13-15,18H,5-6,9-11H2,1-2H3. The van der Waals surface area contributed by atoms with E-state index in [1.165, 1.54) is 0 Å². The van der Waals surface area contributed by atoms with Gasteiger partial charge < -0.3 is 10.2 Å². The fourth-order valence-electron chi connectivity index (χ4n) is 3.20. The summed E-state index contributed by atoms with van der Waals surface area (Å²) in [5, 5.41) is 3.32. The fourth-order valence-corrected chi connectivity index (χ4v) is 4.70. The van der Waals surface area contributed by atoms with E-state index in [0.29, 0.717) is 23.9 Å². The second-order valence-corrected chi connectivity index (χ2v) is 8.87. The summed E-state index contributed by atoms with van der Waals surface area (Å²) in [4.78, 5) is 14.3. The molecule has 126 valence electrons. The van der Waals surface area contributed by atoms with Gasteiger partial charge in [-0.2, -0.15) is 0 Å². The second kappa shape index (κ2) is 6.24. The lowest BCUT2D eigenvalue weighted by Crippen LogP contribution is -2.42. The van der Waals surface area contributed by atoms with E-state index >= 15 is 0 Å². The summed E-state index contributed by atoms with van der Waals surface area (Å²) in [6, 6.07) is 7.25. The van der Waals surface area contributed by atoms with Crippen LogP contribution in [0.2, 0.25) is 0 Å². The molecule has 2 unspecified atom stereocenters. The highest BCUT2D eigenvalue weighted by Gasteiger charge is 2.39. The second-order valence-electron chi connectivity index (χ2n) is 6.84. The largest absolute Gasteiger partial charge is 0.338 e. The van der Waals surface area contributed by atoms with E-state index in [-0.39, 0.29) is 23.7 Å². The smallest absolute Gasteiger partial charge is 0.224 e. The van der Waals surface area contributed by atoms with Gasteiger partial charge in [-0.25, -0.2) is 8.42 Å². The van der Waals surface area contributed by atoms with Gasteiger partial charge in [-0.1, -0.05) is 17.7 Å². The van der Waals surface area contributed by atoms with Gasteiger partial charge in [0.2, 0.25) is 5.91 Å². The average Bonchev–Trinajstić information content (AvgIpc) is 3.23. The van der Waals surface area contributed by atoms with Crippen molar-refractivity contribution in [3.8, 4) is 0 Å². The minimum absolute atomic E-state index is 0.0458. The molecule has 0 bridgehead atoms. The summed E-state index contributed by atoms with van der Waals surface area (Å²) < 4.78 is 24.9. The van der Waals surface area contributed by atoms with Crippen molar-refractivity contribution in [2.45, 2.75) is 56.1 Å². The molecule has 2 fully saturated rings. The molecule has 1 N–H and O–H groups in total. The van der Waals surface area contributed by atoms with Crippen LogP contribution in [0.1, 0.15) is 31.7 Å². The van der Waals surface area contributed by atoms with Gasteiger partial charge in [0.15, 0.2) is 9.84 Å². The van der Waals surface area contributed by atoms with E-state index < -0.39 is 9.84 Å². The van der Waals surface area contributed by atoms with E-state index in [2.05, 4.69) is 5.32 Å². The number of aryl methyl sites for hydroxylation is 1. The number of nitrogens with one attached hydrogen (secondary N) is 1. The highest BCUT2D eigenvalue weighted by Crippen LogP contribution is 2.30. The Kier molecular flexibility index (Phi) is 4.47. The summed E-state index contributed by atoms with van der Waals surface area (Å²) in [6.45, 7) is 4.51. The quantitative estimate of drug-likeness (QED) is 0.855. The first-order valence-corrected chi connectivity index (χ1v) is 9.85. The Morgan fingerprint density at radius 1 is 1.26 bits per heavy atom. The van der Waals surface area contributed by atoms with Crippen LogP contribution in [0.4, 0.5) is 0 Å². The Morgan fingerprint density at radius 3 is 2.52 bits per heavy atom. The van der Waals surface area contributed by atoms with Gasteiger partial charge in [0, 0.05) is 31.1 Å². The molecular weight excluding hydrogens is 312 g/mol. The third-order valence-corrected chi connectivity index (χ3v) is 6.45. The van der Waals surface area contributed by atoms with Crippen LogP contribution in [0.25, 0.3) is 0 Å². The van der Waals surface area contributed by atoms with Gasteiger partial charge in [-0.3, -0.25) is 4.79 Å². The van der Waals surface area contributed by atoms with Crippen LogP contribution >= 0.6 is 0 Å². The third-order valence-electron chi connectivity index (χ3n) is 4.52. The maximum absolute atomic E-state index is 12.5. The lowest BCUT2D eigenvalue weighted by molar-refractivity contribution is -0.128. The van der Waals surface area contributed by atoms with Gasteiger partial charge in [0.25, 0.3) is 0 Å². The minimum atomic E-state index is -3.31. The molecule has 1 aromatic rings. The molecule has 1 saturated carbocycles. The average molecular weight is 336 g/mol. The Balaban J connectivity index is 1.57. The van der Waals surface area contributed by atoms with Crippen LogP contribution in [0.15, 0.2) is 29.2 Å². The zero-order valence-electron chi connectivity index (χ0n) is 13.7. The number of sulfone groups is 1. The van der Waals surface area contributed by atoms with E-state index in [9.17, 15) is 13.2 Å². The van der Waals surface area contributed by atoms with Gasteiger partial charge in [-0.05, 0) is 38.8 Å². The van der Waals surface area contributed by atoms with Crippen molar-refractivity contribution < 1.29 is 13.2 Å². The zero-order valence-corrected chi connectivity index (χ0v) is 14.5. The Labute approximate surface area is 138 Å². The number of rotatable bonds is 6. The van der Waals surface area contributed by atoms with Crippen LogP contribution in [0.5, 0.6) is 0 Å². The third kappa shape index (κ3) is 3.93. The first-order chi connectivity index (χ1) is 10.8. The minimum Gasteiger partial charge on any atom is -0.338 e. The van der Waals surface area contributed by atoms with Crippen LogP contribution < -0.4 is 5.32 Å². The van der Waals surface area contributed by atoms with Gasteiger partial charge in [0.1, 0.15) is 0 Å². The first kappa shape index (κ1) is 16.5. The number of benzene rings is 1. The molecule has 5 nitrogen and oxygen atoms in total. The molecule has 2 atom stereocenters. The van der Waals surface area contributed by atoms with Crippen LogP contribution in [0, 0.1) is 6.92 Å². The highest BCUT2D eigenvalue weighted by molar-refractivity contribution is 7.91. The number of hydrogen-bond donors (Lipinski definition) is 1. The maximum atomic E-state index is 12.5. The molecule has 2 aliphatic rings. The molecule has 0 radical (unpaired) electrons. The molecule has 1 aromatic carbocycles. The van der Waals surface area contributed by atoms with Crippen molar-refractivity contribution in [2.24, 2.45) is 0 Å². The van der Waals surface area contributed by atoms with Crippen molar-refractivity contribution in [3.63, 3.8) is 0 Å². The van der Waals surface area contributed by atoms with Crippen molar-refractivity contribution in [1.82, 2.24) is 10.2 Å². The Hall–Kier alpha value is -1.40. The van der Waals surface area contributed by atoms with Gasteiger partial charge in [-0.15, -0.1) is 0 Å². The summed E-state index contributed by atoms with van der Waals surface area (Å²) in [7, 11) is -3.31. The molecule has 1 heterocycles. The SMILES string of the molecule is Cc1ccc(S(=O)(=O)CC(C)NC2CC(=O)N(C3CC3)C2)cc1. The number of nitrogens with zero attached hydrogens (tertiary/aromatic N) is 1. The molecular formula is C17H24N2O3S. The number of hydrogen-bond acceptors (Lipinski definition) is 4. The van der Waals surface area contributed by atoms with E-state index in [0.717, 1.165) is 18.4 Å². The van der Waals surface area contributed by atoms with Crippen molar-refractivity contribution in [1.29, 1.82) is 0 Å². The molecule has 1 amide bonds. The number of likely N-dealkylation sites (tertiary alicyclic amines) is 1. The number of carbonyl (C=O) groups is 1. The van der Waals surface area contributed by atoms with Gasteiger partial charge in [0.05, 0.1) is 10.6 Å². The Bertz CT molecular complexity index is 680. The monoisotopic (exact) mass is 336 g/mol. The molecule has 1 aliphatic heterocycles. The molecule has 1 saturated heterocycles. The van der Waals surface area contributed by atoms with E-state index in [1.54, 1.807) is 12.1 Å². The fraction of sp³-hybridized carbons (Fsp3) is 0.588. The Morgan fingerprint density at radius 2 is 1.91 bits per heavy atom. The van der Waals surface area contributed by atoms with Gasteiger partial charge >= 0.3 is 0 Å². The predicted octanol–water partition coefficient (Wildman–Crippen LogP) is 1.51. The van der Waals surface area contributed by atoms with Crippen molar-refractivity contribution in [3.05, 3.63) is 29.8 Å². The van der Waals surface area contributed by atoms with Crippen LogP contribution in [0.3, 0.4) is 0 Å². The molecule has 1 aliphatic carbocycles. The molecule has 0 aromatic heterocycles. The van der Waals surface area contributed by atoms with Crippen molar-refractivity contribution in [2.75, 3.05) is 12.3 Å². The van der Waals surface area contributed by atoms with E-state index in [1.807, 2.05) is 30.9 Å². The highest BCUT2D eigenvalue weighted by atomic mass is 32.2. The summed E-state index contributed by atoms with van der Waals surface area (Å²) >= 11 is 0. The van der Waals surface area contributed by atoms with Crippen molar-refractivity contribution >= 4 is 15.7 Å². The summed E-state index contributed by atoms with van der Waals surface area (Å²) in [5.41, 5.74) is 1.04. The number of amides is 1. The topological polar surface area (TPSA) is 66.5 Å². The molecule has 6 heteroatoms. The van der Waals surface area contributed by atoms with Crippen LogP contribution in [-0.2, 0) is 14.6 Å². The maximum Gasteiger partial charge on any atom is 0.224 e. The normalized spacial score (nSPS) is 23.3. The lowest BCUT2D eigenvalue weighted by Gasteiger charge is -2.20. The lowest BCUT2D eigenvalue weighted by atomic mass is 10.2. The molecule has 23 heavy (non-hydrogen) atoms. The summed E-state index contributed by atoms with van der Waals surface area (Å²) in [6.07, 6.45) is 2.69. The number of carbonyl (C=O) groups excluding carboxylic acids is 1. The van der Waals surface area contributed by atoms with Crippen LogP contribution in [-0.4, -0.2) is 49.6 Å². The summed E-state index contributed by atoms with van der Waals surface area (Å²) in [5.74, 6) is 0.239. The predicted molar refractivity (Wildman–Crippen MR) is 89.0 cm³/mol.